The fraction of sp³-hybridized carbons (Fsp3) is 0.737. The molecular formula is C19H40FHfN3Si. The number of nitrogens with one attached hydrogen (secondary N) is 3. The smallest absolute Gasteiger partial charge is 0.673 e. The first-order chi connectivity index (χ1) is 10.1. The number of rotatable bonds is 1. The molecule has 0 saturated carbocycles. The molecule has 0 bridgehead atoms. The summed E-state index contributed by atoms with van der Waals surface area (Å²) in [6.07, 6.45) is 0. The second-order valence-corrected chi connectivity index (χ2v) is 12.9. The quantitative estimate of drug-likeness (QED) is 0.206. The van der Waals surface area contributed by atoms with Crippen molar-refractivity contribution in [3.8, 4) is 0 Å². The van der Waals surface area contributed by atoms with E-state index in [0.29, 0.717) is 0 Å². The van der Waals surface area contributed by atoms with Crippen molar-refractivity contribution in [1.29, 1.82) is 0 Å². The van der Waals surface area contributed by atoms with E-state index in [-0.39, 0.29) is 42.5 Å². The molecule has 0 radical (unpaired) electrons. The van der Waals surface area contributed by atoms with Crippen LogP contribution in [0.3, 0.4) is 0 Å². The predicted octanol–water partition coefficient (Wildman–Crippen LogP) is 7.30. The molecule has 1 rings (SSSR count). The van der Waals surface area contributed by atoms with E-state index in [0.717, 1.165) is 5.19 Å². The summed E-state index contributed by atoms with van der Waals surface area (Å²) in [5.74, 6) is 0. The summed E-state index contributed by atoms with van der Waals surface area (Å²) in [6.45, 7) is 20.1. The Hall–Kier alpha value is 0.247. The van der Waals surface area contributed by atoms with Crippen LogP contribution < -0.4 is 5.19 Å². The first-order valence-corrected chi connectivity index (χ1v) is 11.1. The van der Waals surface area contributed by atoms with Crippen molar-refractivity contribution in [1.82, 2.24) is 0 Å². The van der Waals surface area contributed by atoms with Crippen LogP contribution in [0.25, 0.3) is 17.2 Å². The molecule has 0 aliphatic carbocycles. The van der Waals surface area contributed by atoms with Crippen molar-refractivity contribution in [3.63, 3.8) is 0 Å². The summed E-state index contributed by atoms with van der Waals surface area (Å²) >= 11 is 0. The van der Waals surface area contributed by atoms with E-state index >= 15 is 0 Å². The van der Waals surface area contributed by atoms with Gasteiger partial charge < -0.3 is 21.3 Å². The van der Waals surface area contributed by atoms with Crippen LogP contribution in [0.5, 0.6) is 0 Å². The largest absolute Gasteiger partial charge is 4.00 e. The third kappa shape index (κ3) is 68.4. The summed E-state index contributed by atoms with van der Waals surface area (Å²) in [5, 5.41) is 0.891. The van der Waals surface area contributed by atoms with E-state index in [1.54, 1.807) is 13.1 Å². The Balaban J connectivity index is -0.000000122. The molecule has 0 spiro atoms. The summed E-state index contributed by atoms with van der Waals surface area (Å²) in [7, 11) is -2.48. The van der Waals surface area contributed by atoms with Gasteiger partial charge in [0.25, 0.3) is 0 Å². The molecule has 0 fully saturated rings. The van der Waals surface area contributed by atoms with Crippen molar-refractivity contribution in [2.45, 2.75) is 92.0 Å². The fourth-order valence-corrected chi connectivity index (χ4v) is 1.76. The van der Waals surface area contributed by atoms with Crippen LogP contribution in [0.2, 0.25) is 13.1 Å². The normalized spacial score (nSPS) is 11.5. The van der Waals surface area contributed by atoms with Crippen LogP contribution in [0.1, 0.15) is 62.3 Å². The Kier molecular flexibility index (Phi) is 17.7. The maximum atomic E-state index is 13.1. The molecule has 0 aliphatic heterocycles. The minimum Gasteiger partial charge on any atom is -0.673 e. The molecule has 0 atom stereocenters. The van der Waals surface area contributed by atoms with Gasteiger partial charge in [-0.05, 0) is 13.1 Å². The first-order valence-electron chi connectivity index (χ1n) is 8.27. The summed E-state index contributed by atoms with van der Waals surface area (Å²) in [5.41, 5.74) is 20.1. The van der Waals surface area contributed by atoms with Crippen LogP contribution in [-0.2, 0) is 25.8 Å². The Labute approximate surface area is 176 Å². The Morgan fingerprint density at radius 3 is 0.920 bits per heavy atom. The van der Waals surface area contributed by atoms with Gasteiger partial charge in [0.2, 0.25) is 8.41 Å². The summed E-state index contributed by atoms with van der Waals surface area (Å²) < 4.78 is 13.1. The molecule has 25 heavy (non-hydrogen) atoms. The van der Waals surface area contributed by atoms with Gasteiger partial charge >= 0.3 is 25.8 Å². The molecule has 1 aromatic rings. The van der Waals surface area contributed by atoms with Crippen molar-refractivity contribution >= 4 is 13.6 Å². The molecule has 0 heterocycles. The van der Waals surface area contributed by atoms with Gasteiger partial charge in [0.15, 0.2) is 0 Å². The first kappa shape index (κ1) is 32.9. The molecule has 146 valence electrons. The Morgan fingerprint density at radius 1 is 0.680 bits per heavy atom. The van der Waals surface area contributed by atoms with E-state index < -0.39 is 8.41 Å². The summed E-state index contributed by atoms with van der Waals surface area (Å²) in [4.78, 5) is 0. The van der Waals surface area contributed by atoms with Crippen molar-refractivity contribution in [2.24, 2.45) is 0 Å². The van der Waals surface area contributed by atoms with Crippen LogP contribution in [0, 0.1) is 0 Å². The van der Waals surface area contributed by atoms with Gasteiger partial charge in [-0.3, -0.25) is 0 Å². The van der Waals surface area contributed by atoms with E-state index in [1.165, 1.54) is 0 Å². The molecule has 0 aliphatic rings. The van der Waals surface area contributed by atoms with E-state index in [4.69, 9.17) is 17.2 Å². The summed E-state index contributed by atoms with van der Waals surface area (Å²) in [6, 6.07) is 7.46. The standard InChI is InChI=1S/C7H10FSi.3C4H10N.Hf/c1-9(2,8)7-5-3-4-6-7;3*1-4(2,3)5;/h3-6H,1-2H3;3*5H,1-3H3;/q4*-1;+4. The molecule has 1 aromatic carbocycles. The van der Waals surface area contributed by atoms with Crippen molar-refractivity contribution in [2.75, 3.05) is 0 Å². The molecule has 0 aromatic heterocycles. The number of hydrogen-bond donors (Lipinski definition) is 0. The van der Waals surface area contributed by atoms with Crippen LogP contribution in [0.4, 0.5) is 4.11 Å². The third-order valence-electron chi connectivity index (χ3n) is 1.35. The van der Waals surface area contributed by atoms with Crippen molar-refractivity contribution < 1.29 is 30.0 Å². The van der Waals surface area contributed by atoms with Gasteiger partial charge in [0.05, 0.1) is 0 Å². The van der Waals surface area contributed by atoms with Crippen LogP contribution in [-0.4, -0.2) is 25.0 Å². The van der Waals surface area contributed by atoms with E-state index in [9.17, 15) is 4.11 Å². The molecule has 0 amide bonds. The fourth-order valence-electron chi connectivity index (χ4n) is 0.770. The average Bonchev–Trinajstić information content (AvgIpc) is 2.58. The number of halogens is 1. The molecule has 0 saturated heterocycles. The predicted molar refractivity (Wildman–Crippen MR) is 112 cm³/mol. The zero-order chi connectivity index (χ0) is 20.4. The third-order valence-corrected chi connectivity index (χ3v) is 3.06. The number of hydrogen-bond acceptors (Lipinski definition) is 0. The average molecular weight is 536 g/mol. The Morgan fingerprint density at radius 2 is 0.840 bits per heavy atom. The molecule has 3 N–H and O–H groups in total. The zero-order valence-corrected chi connectivity index (χ0v) is 22.8. The zero-order valence-electron chi connectivity index (χ0n) is 18.2. The second kappa shape index (κ2) is 13.4. The second-order valence-electron chi connectivity index (χ2n) is 9.40. The van der Waals surface area contributed by atoms with Gasteiger partial charge in [-0.1, -0.05) is 62.3 Å². The minimum atomic E-state index is -2.48. The van der Waals surface area contributed by atoms with E-state index in [1.807, 2.05) is 86.6 Å². The monoisotopic (exact) mass is 537 g/mol. The van der Waals surface area contributed by atoms with Crippen molar-refractivity contribution in [3.05, 3.63) is 41.5 Å². The van der Waals surface area contributed by atoms with Crippen LogP contribution >= 0.6 is 0 Å². The molecular weight excluding hydrogens is 496 g/mol. The maximum Gasteiger partial charge on any atom is 4.00 e. The van der Waals surface area contributed by atoms with Gasteiger partial charge in [0, 0.05) is 0 Å². The van der Waals surface area contributed by atoms with Crippen LogP contribution in [0.15, 0.2) is 24.3 Å². The minimum absolute atomic E-state index is 0. The van der Waals surface area contributed by atoms with Gasteiger partial charge in [0.1, 0.15) is 0 Å². The SMILES string of the molecule is CC(C)(C)[NH-].CC(C)(C)[NH-].CC(C)(C)[NH-].C[Si](C)(F)[c-]1cccc1.[Hf+4]. The van der Waals surface area contributed by atoms with Gasteiger partial charge in [-0.25, -0.2) is 12.1 Å². The molecule has 6 heteroatoms. The van der Waals surface area contributed by atoms with Gasteiger partial charge in [-0.15, -0.1) is 21.8 Å². The topological polar surface area (TPSA) is 71.4 Å². The maximum absolute atomic E-state index is 13.1. The Bertz CT molecular complexity index is 348. The van der Waals surface area contributed by atoms with E-state index in [2.05, 4.69) is 0 Å². The molecule has 0 unspecified atom stereocenters. The molecule has 3 nitrogen and oxygen atoms in total. The van der Waals surface area contributed by atoms with Gasteiger partial charge in [-0.2, -0.15) is 12.1 Å².